The van der Waals surface area contributed by atoms with Crippen LogP contribution in [0.2, 0.25) is 0 Å². The Balaban J connectivity index is 2.85. The summed E-state index contributed by atoms with van der Waals surface area (Å²) in [6.45, 7) is 7.60. The number of nitrogens with two attached hydrogens (primary N) is 1. The molecule has 1 rings (SSSR count). The van der Waals surface area contributed by atoms with Gasteiger partial charge in [-0.05, 0) is 36.5 Å². The molecule has 0 aromatic heterocycles. The molecule has 0 fully saturated rings. The molecule has 0 heterocycles. The van der Waals surface area contributed by atoms with Crippen molar-refractivity contribution in [2.45, 2.75) is 52.8 Å². The molecule has 0 spiro atoms. The molecular formula is C16H22F3NO. The highest BCUT2D eigenvalue weighted by Gasteiger charge is 2.31. The first-order chi connectivity index (χ1) is 9.40. The third kappa shape index (κ3) is 5.50. The van der Waals surface area contributed by atoms with Crippen molar-refractivity contribution in [2.75, 3.05) is 0 Å². The van der Waals surface area contributed by atoms with Crippen LogP contribution in [0.5, 0.6) is 0 Å². The van der Waals surface area contributed by atoms with Gasteiger partial charge in [0.2, 0.25) is 0 Å². The van der Waals surface area contributed by atoms with Gasteiger partial charge in [0.1, 0.15) is 0 Å². The molecule has 2 nitrogen and oxygen atoms in total. The summed E-state index contributed by atoms with van der Waals surface area (Å²) in [5.74, 6) is -0.210. The Morgan fingerprint density at radius 3 is 2.24 bits per heavy atom. The second-order valence-electron chi connectivity index (χ2n) is 6.68. The number of ketones is 1. The third-order valence-electron chi connectivity index (χ3n) is 3.18. The SMILES string of the molecule is Cc1cc(C(F)(F)F)ccc1C(=O)CC(N)CC(C)(C)C. The molecule has 0 saturated carbocycles. The fourth-order valence-corrected chi connectivity index (χ4v) is 2.36. The van der Waals surface area contributed by atoms with E-state index in [0.29, 0.717) is 17.5 Å². The highest BCUT2D eigenvalue weighted by atomic mass is 19.4. The fourth-order valence-electron chi connectivity index (χ4n) is 2.36. The van der Waals surface area contributed by atoms with Crippen LogP contribution >= 0.6 is 0 Å². The van der Waals surface area contributed by atoms with Crippen LogP contribution in [0.4, 0.5) is 13.2 Å². The molecule has 5 heteroatoms. The quantitative estimate of drug-likeness (QED) is 0.840. The number of rotatable bonds is 4. The molecule has 0 bridgehead atoms. The average Bonchev–Trinajstić information content (AvgIpc) is 2.24. The van der Waals surface area contributed by atoms with Crippen LogP contribution in [0.25, 0.3) is 0 Å². The molecule has 21 heavy (non-hydrogen) atoms. The monoisotopic (exact) mass is 301 g/mol. The fraction of sp³-hybridized carbons (Fsp3) is 0.562. The maximum Gasteiger partial charge on any atom is 0.416 e. The minimum atomic E-state index is -4.39. The lowest BCUT2D eigenvalue weighted by molar-refractivity contribution is -0.137. The zero-order valence-electron chi connectivity index (χ0n) is 12.8. The number of carbonyl (C=O) groups is 1. The van der Waals surface area contributed by atoms with Crippen LogP contribution in [0, 0.1) is 12.3 Å². The number of hydrogen-bond acceptors (Lipinski definition) is 2. The first kappa shape index (κ1) is 17.7. The van der Waals surface area contributed by atoms with Gasteiger partial charge in [-0.15, -0.1) is 0 Å². The molecule has 0 aliphatic heterocycles. The second-order valence-corrected chi connectivity index (χ2v) is 6.68. The summed E-state index contributed by atoms with van der Waals surface area (Å²) < 4.78 is 37.8. The van der Waals surface area contributed by atoms with Crippen LogP contribution in [0.3, 0.4) is 0 Å². The zero-order valence-corrected chi connectivity index (χ0v) is 12.8. The summed E-state index contributed by atoms with van der Waals surface area (Å²) in [5, 5.41) is 0. The molecule has 0 amide bonds. The first-order valence-electron chi connectivity index (χ1n) is 6.87. The minimum absolute atomic E-state index is 0.00881. The average molecular weight is 301 g/mol. The first-order valence-corrected chi connectivity index (χ1v) is 6.87. The zero-order chi connectivity index (χ0) is 16.4. The Bertz CT molecular complexity index is 515. The maximum absolute atomic E-state index is 12.6. The maximum atomic E-state index is 12.6. The van der Waals surface area contributed by atoms with E-state index in [1.54, 1.807) is 0 Å². The Labute approximate surface area is 123 Å². The number of halogens is 3. The molecule has 0 saturated heterocycles. The Morgan fingerprint density at radius 2 is 1.81 bits per heavy atom. The van der Waals surface area contributed by atoms with Crippen LogP contribution < -0.4 is 5.73 Å². The predicted molar refractivity (Wildman–Crippen MR) is 77.2 cm³/mol. The van der Waals surface area contributed by atoms with Gasteiger partial charge in [-0.1, -0.05) is 26.8 Å². The van der Waals surface area contributed by atoms with Crippen molar-refractivity contribution >= 4 is 5.78 Å². The van der Waals surface area contributed by atoms with Crippen LogP contribution in [0.1, 0.15) is 55.1 Å². The van der Waals surface area contributed by atoms with Crippen molar-refractivity contribution < 1.29 is 18.0 Å². The molecule has 1 unspecified atom stereocenters. The van der Waals surface area contributed by atoms with Gasteiger partial charge in [-0.3, -0.25) is 4.79 Å². The van der Waals surface area contributed by atoms with E-state index >= 15 is 0 Å². The number of aryl methyl sites for hydroxylation is 1. The van der Waals surface area contributed by atoms with Gasteiger partial charge in [0.15, 0.2) is 5.78 Å². The Hall–Kier alpha value is -1.36. The van der Waals surface area contributed by atoms with Gasteiger partial charge in [0, 0.05) is 18.0 Å². The summed E-state index contributed by atoms with van der Waals surface area (Å²) in [4.78, 5) is 12.2. The van der Waals surface area contributed by atoms with E-state index < -0.39 is 11.7 Å². The van der Waals surface area contributed by atoms with Crippen LogP contribution in [0.15, 0.2) is 18.2 Å². The Kier molecular flexibility index (Phi) is 5.20. The molecule has 1 aromatic carbocycles. The highest BCUT2D eigenvalue weighted by Crippen LogP contribution is 2.31. The van der Waals surface area contributed by atoms with Crippen molar-refractivity contribution in [2.24, 2.45) is 11.1 Å². The van der Waals surface area contributed by atoms with Crippen molar-refractivity contribution in [3.8, 4) is 0 Å². The largest absolute Gasteiger partial charge is 0.416 e. The van der Waals surface area contributed by atoms with Gasteiger partial charge in [-0.2, -0.15) is 13.2 Å². The van der Waals surface area contributed by atoms with E-state index in [-0.39, 0.29) is 23.7 Å². The number of alkyl halides is 3. The summed E-state index contributed by atoms with van der Waals surface area (Å²) >= 11 is 0. The summed E-state index contributed by atoms with van der Waals surface area (Å²) in [6, 6.07) is 2.89. The van der Waals surface area contributed by atoms with Gasteiger partial charge in [0.25, 0.3) is 0 Å². The van der Waals surface area contributed by atoms with Crippen molar-refractivity contribution in [1.29, 1.82) is 0 Å². The van der Waals surface area contributed by atoms with Crippen molar-refractivity contribution in [3.05, 3.63) is 34.9 Å². The predicted octanol–water partition coefficient (Wildman–Crippen LogP) is 4.35. The number of Topliss-reactive ketones (excluding diaryl/α,β-unsaturated/α-hetero) is 1. The molecule has 118 valence electrons. The summed E-state index contributed by atoms with van der Waals surface area (Å²) in [7, 11) is 0. The molecular weight excluding hydrogens is 279 g/mol. The summed E-state index contributed by atoms with van der Waals surface area (Å²) in [6.07, 6.45) is -3.57. The normalized spacial score (nSPS) is 14.1. The second kappa shape index (κ2) is 6.18. The molecule has 1 atom stereocenters. The number of carbonyl (C=O) groups excluding carboxylic acids is 1. The van der Waals surface area contributed by atoms with Gasteiger partial charge >= 0.3 is 6.18 Å². The number of benzene rings is 1. The van der Waals surface area contributed by atoms with Gasteiger partial charge in [0.05, 0.1) is 5.56 Å². The summed E-state index contributed by atoms with van der Waals surface area (Å²) in [5.41, 5.74) is 5.86. The molecule has 0 aliphatic carbocycles. The van der Waals surface area contributed by atoms with Crippen molar-refractivity contribution in [3.63, 3.8) is 0 Å². The van der Waals surface area contributed by atoms with E-state index in [4.69, 9.17) is 5.73 Å². The van der Waals surface area contributed by atoms with Gasteiger partial charge < -0.3 is 5.73 Å². The smallest absolute Gasteiger partial charge is 0.327 e. The van der Waals surface area contributed by atoms with E-state index in [0.717, 1.165) is 12.1 Å². The highest BCUT2D eigenvalue weighted by molar-refractivity contribution is 5.97. The Morgan fingerprint density at radius 1 is 1.24 bits per heavy atom. The molecule has 0 radical (unpaired) electrons. The standard InChI is InChI=1S/C16H22F3NO/c1-10-7-11(16(17,18)19)5-6-13(10)14(21)8-12(20)9-15(2,3)4/h5-7,12H,8-9,20H2,1-4H3. The molecule has 1 aromatic rings. The topological polar surface area (TPSA) is 43.1 Å². The van der Waals surface area contributed by atoms with E-state index in [9.17, 15) is 18.0 Å². The number of hydrogen-bond donors (Lipinski definition) is 1. The van der Waals surface area contributed by atoms with Crippen molar-refractivity contribution in [1.82, 2.24) is 0 Å². The third-order valence-corrected chi connectivity index (χ3v) is 3.18. The van der Waals surface area contributed by atoms with Crippen LogP contribution in [-0.2, 0) is 6.18 Å². The lowest BCUT2D eigenvalue weighted by atomic mass is 9.86. The molecule has 0 aliphatic rings. The van der Waals surface area contributed by atoms with E-state index in [2.05, 4.69) is 0 Å². The van der Waals surface area contributed by atoms with E-state index in [1.165, 1.54) is 13.0 Å². The molecule has 2 N–H and O–H groups in total. The van der Waals surface area contributed by atoms with Crippen LogP contribution in [-0.4, -0.2) is 11.8 Å². The lowest BCUT2D eigenvalue weighted by Crippen LogP contribution is -2.29. The minimum Gasteiger partial charge on any atom is -0.327 e. The van der Waals surface area contributed by atoms with E-state index in [1.807, 2.05) is 20.8 Å². The lowest BCUT2D eigenvalue weighted by Gasteiger charge is -2.22. The van der Waals surface area contributed by atoms with Gasteiger partial charge in [-0.25, -0.2) is 0 Å².